The number of imide groups is 2. The van der Waals surface area contributed by atoms with Crippen molar-refractivity contribution in [2.24, 2.45) is 5.92 Å². The van der Waals surface area contributed by atoms with E-state index >= 15 is 0 Å². The minimum Gasteiger partial charge on any atom is -0.382 e. The summed E-state index contributed by atoms with van der Waals surface area (Å²) in [5.41, 5.74) is 1.07. The Morgan fingerprint density at radius 2 is 1.97 bits per heavy atom. The van der Waals surface area contributed by atoms with E-state index in [1.54, 1.807) is 18.2 Å². The monoisotopic (exact) mass is 401 g/mol. The molecule has 29 heavy (non-hydrogen) atoms. The van der Waals surface area contributed by atoms with E-state index in [0.29, 0.717) is 31.4 Å². The quantitative estimate of drug-likeness (QED) is 0.484. The summed E-state index contributed by atoms with van der Waals surface area (Å²) >= 11 is 0. The van der Waals surface area contributed by atoms with Crippen LogP contribution in [0.4, 0.5) is 5.69 Å². The molecule has 3 rings (SSSR count). The van der Waals surface area contributed by atoms with Gasteiger partial charge in [-0.3, -0.25) is 29.4 Å². The smallest absolute Gasteiger partial charge is 0.264 e. The van der Waals surface area contributed by atoms with Gasteiger partial charge in [0.15, 0.2) is 0 Å². The third-order valence-corrected chi connectivity index (χ3v) is 5.10. The molecule has 8 heteroatoms. The molecule has 2 aliphatic rings. The molecule has 0 saturated carbocycles. The Labute approximate surface area is 170 Å². The Bertz CT molecular complexity index is 821. The van der Waals surface area contributed by atoms with Gasteiger partial charge in [0.1, 0.15) is 6.04 Å². The van der Waals surface area contributed by atoms with Crippen molar-refractivity contribution in [2.75, 3.05) is 25.1 Å². The van der Waals surface area contributed by atoms with Crippen LogP contribution in [0.1, 0.15) is 60.2 Å². The number of rotatable bonds is 9. The maximum atomic E-state index is 13.0. The lowest BCUT2D eigenvalue weighted by Crippen LogP contribution is -2.54. The van der Waals surface area contributed by atoms with Gasteiger partial charge in [0, 0.05) is 25.3 Å². The molecule has 2 aliphatic heterocycles. The molecule has 1 unspecified atom stereocenters. The zero-order valence-electron chi connectivity index (χ0n) is 16.8. The third kappa shape index (κ3) is 4.64. The molecular formula is C21H27N3O5. The van der Waals surface area contributed by atoms with Gasteiger partial charge in [0.25, 0.3) is 11.8 Å². The second-order valence-corrected chi connectivity index (χ2v) is 7.75. The lowest BCUT2D eigenvalue weighted by molar-refractivity contribution is -0.136. The van der Waals surface area contributed by atoms with Gasteiger partial charge in [-0.15, -0.1) is 0 Å². The van der Waals surface area contributed by atoms with Crippen LogP contribution in [0.25, 0.3) is 0 Å². The fraction of sp³-hybridized carbons (Fsp3) is 0.524. The van der Waals surface area contributed by atoms with E-state index < -0.39 is 29.7 Å². The van der Waals surface area contributed by atoms with Crippen LogP contribution in [0.2, 0.25) is 0 Å². The molecule has 0 bridgehead atoms. The maximum absolute atomic E-state index is 13.0. The first-order valence-electron chi connectivity index (χ1n) is 10.1. The fourth-order valence-electron chi connectivity index (χ4n) is 3.62. The number of piperidine rings is 1. The lowest BCUT2D eigenvalue weighted by atomic mass is 10.0. The molecule has 4 amide bonds. The molecule has 1 fully saturated rings. The van der Waals surface area contributed by atoms with E-state index in [4.69, 9.17) is 4.74 Å². The normalized spacial score (nSPS) is 19.0. The third-order valence-electron chi connectivity index (χ3n) is 5.10. The average Bonchev–Trinajstić information content (AvgIpc) is 2.92. The SMILES string of the molecule is CC(C)CCCOCCNc1cccc2c1C(=O)N(C1CCC(=O)NC1=O)C2=O. The summed E-state index contributed by atoms with van der Waals surface area (Å²) in [5.74, 6) is -1.37. The topological polar surface area (TPSA) is 105 Å². The highest BCUT2D eigenvalue weighted by Gasteiger charge is 2.45. The summed E-state index contributed by atoms with van der Waals surface area (Å²) in [4.78, 5) is 50.2. The van der Waals surface area contributed by atoms with Gasteiger partial charge in [-0.1, -0.05) is 19.9 Å². The van der Waals surface area contributed by atoms with Crippen molar-refractivity contribution >= 4 is 29.3 Å². The largest absolute Gasteiger partial charge is 0.382 e. The van der Waals surface area contributed by atoms with Crippen LogP contribution in [-0.4, -0.2) is 54.3 Å². The highest BCUT2D eigenvalue weighted by molar-refractivity contribution is 6.25. The Hall–Kier alpha value is -2.74. The number of benzene rings is 1. The van der Waals surface area contributed by atoms with Crippen molar-refractivity contribution in [1.82, 2.24) is 10.2 Å². The minimum absolute atomic E-state index is 0.100. The van der Waals surface area contributed by atoms with Crippen molar-refractivity contribution in [1.29, 1.82) is 0 Å². The molecule has 1 saturated heterocycles. The van der Waals surface area contributed by atoms with E-state index in [2.05, 4.69) is 24.5 Å². The Balaban J connectivity index is 1.62. The summed E-state index contributed by atoms with van der Waals surface area (Å²) in [6.07, 6.45) is 2.37. The van der Waals surface area contributed by atoms with Crippen molar-refractivity contribution in [3.63, 3.8) is 0 Å². The first-order valence-corrected chi connectivity index (χ1v) is 10.1. The molecule has 156 valence electrons. The van der Waals surface area contributed by atoms with Gasteiger partial charge < -0.3 is 10.1 Å². The second kappa shape index (κ2) is 9.17. The van der Waals surface area contributed by atoms with Crippen molar-refractivity contribution in [3.8, 4) is 0 Å². The van der Waals surface area contributed by atoms with Crippen LogP contribution in [-0.2, 0) is 14.3 Å². The molecule has 1 aromatic rings. The predicted octanol–water partition coefficient (Wildman–Crippen LogP) is 1.95. The highest BCUT2D eigenvalue weighted by atomic mass is 16.5. The van der Waals surface area contributed by atoms with E-state index in [1.807, 2.05) is 0 Å². The minimum atomic E-state index is -0.961. The molecule has 8 nitrogen and oxygen atoms in total. The number of ether oxygens (including phenoxy) is 1. The number of hydrogen-bond acceptors (Lipinski definition) is 6. The van der Waals surface area contributed by atoms with Gasteiger partial charge in [0.05, 0.1) is 17.7 Å². The number of anilines is 1. The predicted molar refractivity (Wildman–Crippen MR) is 106 cm³/mol. The highest BCUT2D eigenvalue weighted by Crippen LogP contribution is 2.32. The molecule has 2 heterocycles. The molecule has 2 N–H and O–H groups in total. The number of nitrogens with one attached hydrogen (secondary N) is 2. The molecule has 1 aromatic carbocycles. The van der Waals surface area contributed by atoms with Crippen LogP contribution in [0, 0.1) is 5.92 Å². The molecule has 0 aliphatic carbocycles. The van der Waals surface area contributed by atoms with Crippen LogP contribution in [0.3, 0.4) is 0 Å². The zero-order valence-corrected chi connectivity index (χ0v) is 16.8. The van der Waals surface area contributed by atoms with Crippen LogP contribution < -0.4 is 10.6 Å². The Morgan fingerprint density at radius 1 is 1.17 bits per heavy atom. The van der Waals surface area contributed by atoms with E-state index in [9.17, 15) is 19.2 Å². The number of amides is 4. The van der Waals surface area contributed by atoms with E-state index in [1.165, 1.54) is 0 Å². The Morgan fingerprint density at radius 3 is 2.69 bits per heavy atom. The molecule has 0 spiro atoms. The first kappa shape index (κ1) is 21.0. The first-order chi connectivity index (χ1) is 13.9. The number of hydrogen-bond donors (Lipinski definition) is 2. The van der Waals surface area contributed by atoms with Crippen molar-refractivity contribution < 1.29 is 23.9 Å². The van der Waals surface area contributed by atoms with Crippen molar-refractivity contribution in [2.45, 2.75) is 45.6 Å². The molecule has 0 radical (unpaired) electrons. The molecule has 1 atom stereocenters. The van der Waals surface area contributed by atoms with Crippen LogP contribution >= 0.6 is 0 Å². The van der Waals surface area contributed by atoms with Gasteiger partial charge >= 0.3 is 0 Å². The van der Waals surface area contributed by atoms with Gasteiger partial charge in [-0.05, 0) is 37.3 Å². The van der Waals surface area contributed by atoms with Gasteiger partial charge in [0.2, 0.25) is 11.8 Å². The standard InChI is InChI=1S/C21H27N3O5/c1-13(2)5-4-11-29-12-10-22-15-7-3-6-14-18(15)21(28)24(20(14)27)16-8-9-17(25)23-19(16)26/h3,6-7,13,16,22H,4-5,8-12H2,1-2H3,(H,23,25,26). The van der Waals surface area contributed by atoms with E-state index in [0.717, 1.165) is 17.7 Å². The van der Waals surface area contributed by atoms with Crippen LogP contribution in [0.15, 0.2) is 18.2 Å². The number of carbonyl (C=O) groups excluding carboxylic acids is 4. The van der Waals surface area contributed by atoms with Crippen molar-refractivity contribution in [3.05, 3.63) is 29.3 Å². The lowest BCUT2D eigenvalue weighted by Gasteiger charge is -2.27. The second-order valence-electron chi connectivity index (χ2n) is 7.75. The van der Waals surface area contributed by atoms with Gasteiger partial charge in [-0.25, -0.2) is 0 Å². The number of fused-ring (bicyclic) bond motifs is 1. The number of carbonyl (C=O) groups is 4. The van der Waals surface area contributed by atoms with Crippen LogP contribution in [0.5, 0.6) is 0 Å². The van der Waals surface area contributed by atoms with E-state index in [-0.39, 0.29) is 24.0 Å². The number of nitrogens with zero attached hydrogens (tertiary/aromatic N) is 1. The zero-order chi connectivity index (χ0) is 21.0. The summed E-state index contributed by atoms with van der Waals surface area (Å²) < 4.78 is 5.60. The summed E-state index contributed by atoms with van der Waals surface area (Å²) in [6, 6.07) is 4.05. The fourth-order valence-corrected chi connectivity index (χ4v) is 3.62. The summed E-state index contributed by atoms with van der Waals surface area (Å²) in [6.45, 7) is 6.02. The van der Waals surface area contributed by atoms with Gasteiger partial charge in [-0.2, -0.15) is 0 Å². The maximum Gasteiger partial charge on any atom is 0.264 e. The summed E-state index contributed by atoms with van der Waals surface area (Å²) in [7, 11) is 0. The molecular weight excluding hydrogens is 374 g/mol. The molecule has 0 aromatic heterocycles. The summed E-state index contributed by atoms with van der Waals surface area (Å²) in [5, 5.41) is 5.36. The Kier molecular flexibility index (Phi) is 6.64. The average molecular weight is 401 g/mol.